The number of aromatic nitrogens is 3. The molecule has 1 aliphatic heterocycles. The van der Waals surface area contributed by atoms with E-state index in [0.29, 0.717) is 53.9 Å². The maximum Gasteiger partial charge on any atom is 0.403 e. The summed E-state index contributed by atoms with van der Waals surface area (Å²) < 4.78 is 44.5. The molecular weight excluding hydrogens is 464 g/mol. The van der Waals surface area contributed by atoms with Gasteiger partial charge in [-0.1, -0.05) is 13.8 Å². The van der Waals surface area contributed by atoms with Crippen LogP contribution in [0, 0.1) is 11.9 Å². The van der Waals surface area contributed by atoms with Crippen LogP contribution in [0.3, 0.4) is 0 Å². The Morgan fingerprint density at radius 3 is 2.56 bits per heavy atom. The number of halogens is 2. The van der Waals surface area contributed by atoms with Gasteiger partial charge in [0.15, 0.2) is 17.9 Å². The summed E-state index contributed by atoms with van der Waals surface area (Å²) in [7, 11) is 3.35. The van der Waals surface area contributed by atoms with E-state index < -0.39 is 22.8 Å². The molecule has 0 radical (unpaired) electrons. The second-order valence-electron chi connectivity index (χ2n) is 9.49. The highest BCUT2D eigenvalue weighted by Gasteiger charge is 2.60. The molecule has 0 amide bonds. The van der Waals surface area contributed by atoms with Gasteiger partial charge in [-0.25, -0.2) is 4.79 Å². The Bertz CT molecular complexity index is 1300. The van der Waals surface area contributed by atoms with E-state index in [1.54, 1.807) is 43.1 Å². The lowest BCUT2D eigenvalue weighted by molar-refractivity contribution is -0.770. The molecular formula is C28H33F2N3O3+2. The van der Waals surface area contributed by atoms with Gasteiger partial charge in [0.1, 0.15) is 18.4 Å². The topological polar surface area (TPSA) is 56.2 Å². The Balaban J connectivity index is 1.73. The van der Waals surface area contributed by atoms with Crippen LogP contribution in [-0.4, -0.2) is 24.7 Å². The number of carbonyl (C=O) groups is 1. The molecule has 0 aliphatic carbocycles. The number of carbonyl (C=O) groups excluding carboxylic acids is 1. The van der Waals surface area contributed by atoms with Crippen molar-refractivity contribution in [2.24, 2.45) is 7.05 Å². The van der Waals surface area contributed by atoms with Crippen LogP contribution in [0.4, 0.5) is 8.78 Å². The van der Waals surface area contributed by atoms with E-state index in [9.17, 15) is 9.18 Å². The van der Waals surface area contributed by atoms with E-state index >= 15 is 4.39 Å². The zero-order valence-corrected chi connectivity index (χ0v) is 21.5. The monoisotopic (exact) mass is 497 g/mol. The minimum Gasteiger partial charge on any atom is -0.496 e. The van der Waals surface area contributed by atoms with E-state index in [1.165, 1.54) is 6.07 Å². The van der Waals surface area contributed by atoms with Gasteiger partial charge in [0, 0.05) is 31.0 Å². The highest BCUT2D eigenvalue weighted by atomic mass is 19.1. The van der Waals surface area contributed by atoms with E-state index in [-0.39, 0.29) is 12.6 Å². The first kappa shape index (κ1) is 25.7. The van der Waals surface area contributed by atoms with Gasteiger partial charge in [0.05, 0.1) is 25.2 Å². The maximum absolute atomic E-state index is 15.2. The summed E-state index contributed by atoms with van der Waals surface area (Å²) in [4.78, 5) is 16.1. The molecule has 4 heterocycles. The summed E-state index contributed by atoms with van der Waals surface area (Å²) in [6, 6.07) is 10.3. The fraction of sp³-hybridized carbons (Fsp3) is 0.429. The Morgan fingerprint density at radius 2 is 1.89 bits per heavy atom. The van der Waals surface area contributed by atoms with Crippen molar-refractivity contribution < 1.29 is 32.2 Å². The van der Waals surface area contributed by atoms with Crippen LogP contribution < -0.4 is 13.9 Å². The molecule has 0 spiro atoms. The minimum atomic E-state index is -0.836. The number of esters is 1. The summed E-state index contributed by atoms with van der Waals surface area (Å²) >= 11 is 0. The summed E-state index contributed by atoms with van der Waals surface area (Å²) in [6.07, 6.45) is 6.27. The van der Waals surface area contributed by atoms with Gasteiger partial charge < -0.3 is 9.47 Å². The molecule has 8 heteroatoms. The predicted octanol–water partition coefficient (Wildman–Crippen LogP) is 4.57. The molecule has 36 heavy (non-hydrogen) atoms. The second-order valence-corrected chi connectivity index (χ2v) is 9.49. The van der Waals surface area contributed by atoms with Crippen molar-refractivity contribution >= 4 is 5.97 Å². The SMILES string of the molecule is CCC1(C)c2cc(F)nc(F)c2-c2cc(OC)cc[n+]2C1(CC)CCCOC(=O)c1cccc[n+]1C. The van der Waals surface area contributed by atoms with Gasteiger partial charge in [-0.3, -0.25) is 0 Å². The summed E-state index contributed by atoms with van der Waals surface area (Å²) in [5, 5.41) is 0. The van der Waals surface area contributed by atoms with Crippen molar-refractivity contribution in [2.75, 3.05) is 13.7 Å². The van der Waals surface area contributed by atoms with Crippen molar-refractivity contribution in [1.29, 1.82) is 0 Å². The van der Waals surface area contributed by atoms with Gasteiger partial charge in [0.25, 0.3) is 5.69 Å². The minimum absolute atomic E-state index is 0.229. The van der Waals surface area contributed by atoms with Crippen LogP contribution in [0.1, 0.15) is 62.5 Å². The standard InChI is InChI=1S/C28H33F2N3O3/c1-6-27(3)20-18-23(29)31-25(30)24(20)22-17-19(35-5)12-15-33(22)28(27,7-2)13-10-16-36-26(34)21-11-8-9-14-32(21)4/h8-9,11-12,14-15,17-18H,6-7,10,13,16H2,1-5H3/q+2. The van der Waals surface area contributed by atoms with Gasteiger partial charge in [-0.2, -0.15) is 22.9 Å². The Labute approximate surface area is 210 Å². The lowest BCUT2D eigenvalue weighted by Crippen LogP contribution is -2.69. The van der Waals surface area contributed by atoms with Crippen LogP contribution in [0.5, 0.6) is 5.75 Å². The van der Waals surface area contributed by atoms with Crippen LogP contribution in [0.2, 0.25) is 0 Å². The first-order valence-corrected chi connectivity index (χ1v) is 12.3. The summed E-state index contributed by atoms with van der Waals surface area (Å²) in [5.41, 5.74) is 0.822. The van der Waals surface area contributed by atoms with Crippen molar-refractivity contribution in [3.8, 4) is 17.0 Å². The second kappa shape index (κ2) is 9.91. The van der Waals surface area contributed by atoms with Crippen molar-refractivity contribution in [1.82, 2.24) is 4.98 Å². The van der Waals surface area contributed by atoms with E-state index in [0.717, 1.165) is 0 Å². The van der Waals surface area contributed by atoms with Crippen molar-refractivity contribution in [3.05, 3.63) is 71.9 Å². The average Bonchev–Trinajstić information content (AvgIpc) is 2.87. The number of pyridine rings is 3. The largest absolute Gasteiger partial charge is 0.496 e. The predicted molar refractivity (Wildman–Crippen MR) is 129 cm³/mol. The molecule has 2 atom stereocenters. The van der Waals surface area contributed by atoms with E-state index in [2.05, 4.69) is 23.4 Å². The van der Waals surface area contributed by atoms with Crippen LogP contribution >= 0.6 is 0 Å². The Hall–Kier alpha value is -3.42. The Kier molecular flexibility index (Phi) is 7.07. The number of aryl methyl sites for hydroxylation is 1. The number of fused-ring (bicyclic) bond motifs is 3. The Morgan fingerprint density at radius 1 is 1.11 bits per heavy atom. The number of rotatable bonds is 8. The molecule has 0 saturated carbocycles. The summed E-state index contributed by atoms with van der Waals surface area (Å²) in [5.74, 6) is -1.48. The molecule has 3 aromatic rings. The zero-order valence-electron chi connectivity index (χ0n) is 21.5. The highest BCUT2D eigenvalue weighted by molar-refractivity contribution is 5.85. The number of methoxy groups -OCH3 is 1. The van der Waals surface area contributed by atoms with Crippen LogP contribution in [0.15, 0.2) is 48.8 Å². The van der Waals surface area contributed by atoms with Crippen molar-refractivity contribution in [3.63, 3.8) is 0 Å². The molecule has 0 aromatic carbocycles. The van der Waals surface area contributed by atoms with Gasteiger partial charge >= 0.3 is 5.97 Å². The fourth-order valence-corrected chi connectivity index (χ4v) is 5.85. The van der Waals surface area contributed by atoms with Crippen LogP contribution in [-0.2, 0) is 22.7 Å². The molecule has 0 fully saturated rings. The lowest BCUT2D eigenvalue weighted by atomic mass is 9.58. The average molecular weight is 498 g/mol. The third-order valence-corrected chi connectivity index (χ3v) is 7.97. The lowest BCUT2D eigenvalue weighted by Gasteiger charge is -2.48. The quantitative estimate of drug-likeness (QED) is 0.198. The van der Waals surface area contributed by atoms with E-state index in [4.69, 9.17) is 9.47 Å². The van der Waals surface area contributed by atoms with Gasteiger partial charge in [-0.15, -0.1) is 0 Å². The molecule has 190 valence electrons. The number of hydrogen-bond acceptors (Lipinski definition) is 4. The highest BCUT2D eigenvalue weighted by Crippen LogP contribution is 2.52. The van der Waals surface area contributed by atoms with Crippen molar-refractivity contribution in [2.45, 2.75) is 57.4 Å². The smallest absolute Gasteiger partial charge is 0.403 e. The van der Waals surface area contributed by atoms with Gasteiger partial charge in [-0.05, 0) is 37.5 Å². The maximum atomic E-state index is 15.2. The zero-order chi connectivity index (χ0) is 26.1. The van der Waals surface area contributed by atoms with E-state index in [1.807, 2.05) is 25.3 Å². The molecule has 0 N–H and O–H groups in total. The number of hydrogen-bond donors (Lipinski definition) is 0. The molecule has 3 aromatic heterocycles. The molecule has 6 nitrogen and oxygen atoms in total. The van der Waals surface area contributed by atoms with Gasteiger partial charge in [0.2, 0.25) is 17.6 Å². The number of nitrogens with zero attached hydrogens (tertiary/aromatic N) is 3. The first-order valence-electron chi connectivity index (χ1n) is 12.3. The molecule has 4 rings (SSSR count). The molecule has 0 bridgehead atoms. The first-order chi connectivity index (χ1) is 17.2. The van der Waals surface area contributed by atoms with Crippen LogP contribution in [0.25, 0.3) is 11.3 Å². The third-order valence-electron chi connectivity index (χ3n) is 7.97. The summed E-state index contributed by atoms with van der Waals surface area (Å²) in [6.45, 7) is 6.41. The molecule has 0 saturated heterocycles. The fourth-order valence-electron chi connectivity index (χ4n) is 5.85. The third kappa shape index (κ3) is 4.02. The normalized spacial score (nSPS) is 20.4. The molecule has 2 unspecified atom stereocenters. The molecule has 1 aliphatic rings. The number of ether oxygens (including phenoxy) is 2.